The lowest BCUT2D eigenvalue weighted by Crippen LogP contribution is -2.36. The van der Waals surface area contributed by atoms with Gasteiger partial charge in [-0.3, -0.25) is 0 Å². The summed E-state index contributed by atoms with van der Waals surface area (Å²) in [7, 11) is 2.15. The first-order valence-electron chi connectivity index (χ1n) is 6.40. The van der Waals surface area contributed by atoms with E-state index in [2.05, 4.69) is 29.9 Å². The normalized spacial score (nSPS) is 19.2. The fourth-order valence-corrected chi connectivity index (χ4v) is 2.33. The summed E-state index contributed by atoms with van der Waals surface area (Å²) in [4.78, 5) is 6.50. The average molecular weight is 245 g/mol. The minimum absolute atomic E-state index is 0.153. The maximum Gasteiger partial charge on any atom is 0.214 e. The highest BCUT2D eigenvalue weighted by Crippen LogP contribution is 2.23. The van der Waals surface area contributed by atoms with Gasteiger partial charge in [-0.15, -0.1) is 0 Å². The minimum atomic E-state index is 0.153. The van der Waals surface area contributed by atoms with Crippen molar-refractivity contribution >= 4 is 0 Å². The number of ether oxygens (including phenoxy) is 1. The second kappa shape index (κ2) is 5.83. The second-order valence-electron chi connectivity index (χ2n) is 4.96. The van der Waals surface area contributed by atoms with Crippen LogP contribution in [0.25, 0.3) is 0 Å². The third kappa shape index (κ3) is 3.21. The molecule has 4 nitrogen and oxygen atoms in total. The van der Waals surface area contributed by atoms with Gasteiger partial charge in [0.1, 0.15) is 6.10 Å². The van der Waals surface area contributed by atoms with Crippen molar-refractivity contribution < 1.29 is 4.74 Å². The molecule has 0 amide bonds. The Morgan fingerprint density at radius 3 is 2.89 bits per heavy atom. The summed E-state index contributed by atoms with van der Waals surface area (Å²) in [6.07, 6.45) is 4.10. The number of hydrogen-bond donors (Lipinski definition) is 0. The van der Waals surface area contributed by atoms with Gasteiger partial charge in [-0.25, -0.2) is 4.98 Å². The molecule has 1 fully saturated rings. The number of nitriles is 1. The van der Waals surface area contributed by atoms with Crippen LogP contribution in [0.2, 0.25) is 0 Å². The zero-order valence-electron chi connectivity index (χ0n) is 11.0. The molecule has 0 spiro atoms. The monoisotopic (exact) mass is 245 g/mol. The van der Waals surface area contributed by atoms with E-state index in [1.165, 1.54) is 0 Å². The van der Waals surface area contributed by atoms with Crippen molar-refractivity contribution in [1.82, 2.24) is 9.88 Å². The lowest BCUT2D eigenvalue weighted by molar-refractivity contribution is 0.0941. The molecule has 0 aliphatic carbocycles. The van der Waals surface area contributed by atoms with Crippen LogP contribution in [0.5, 0.6) is 5.88 Å². The van der Waals surface area contributed by atoms with E-state index in [9.17, 15) is 0 Å². The van der Waals surface area contributed by atoms with Gasteiger partial charge in [0.15, 0.2) is 0 Å². The number of hydrogen-bond acceptors (Lipinski definition) is 4. The van der Waals surface area contributed by atoms with E-state index in [-0.39, 0.29) is 6.10 Å². The number of aromatic nitrogens is 1. The van der Waals surface area contributed by atoms with E-state index >= 15 is 0 Å². The molecule has 0 radical (unpaired) electrons. The smallest absolute Gasteiger partial charge is 0.214 e. The molecule has 1 aliphatic heterocycles. The van der Waals surface area contributed by atoms with Crippen molar-refractivity contribution in [2.75, 3.05) is 20.1 Å². The standard InChI is InChI=1S/C14H19N3O/c1-11(13-4-7-17(2)8-5-13)18-14-9-12(10-15)3-6-16-14/h3,6,9,11,13H,4-5,7-8H2,1-2H3. The molecular weight excluding hydrogens is 226 g/mol. The quantitative estimate of drug-likeness (QED) is 0.818. The minimum Gasteiger partial charge on any atom is -0.474 e. The average Bonchev–Trinajstić information content (AvgIpc) is 2.39. The van der Waals surface area contributed by atoms with Gasteiger partial charge in [-0.2, -0.15) is 5.26 Å². The van der Waals surface area contributed by atoms with Crippen LogP contribution in [0.15, 0.2) is 18.3 Å². The van der Waals surface area contributed by atoms with Crippen LogP contribution in [0, 0.1) is 17.2 Å². The molecule has 1 aromatic heterocycles. The molecular formula is C14H19N3O. The number of piperidine rings is 1. The summed E-state index contributed by atoms with van der Waals surface area (Å²) in [5.74, 6) is 1.13. The summed E-state index contributed by atoms with van der Waals surface area (Å²) in [6.45, 7) is 4.35. The van der Waals surface area contributed by atoms with Crippen LogP contribution >= 0.6 is 0 Å². The maximum atomic E-state index is 8.84. The largest absolute Gasteiger partial charge is 0.474 e. The fraction of sp³-hybridized carbons (Fsp3) is 0.571. The summed E-state index contributed by atoms with van der Waals surface area (Å²) >= 11 is 0. The maximum absolute atomic E-state index is 8.84. The highest BCUT2D eigenvalue weighted by Gasteiger charge is 2.23. The van der Waals surface area contributed by atoms with E-state index in [1.54, 1.807) is 18.3 Å². The molecule has 96 valence electrons. The van der Waals surface area contributed by atoms with Gasteiger partial charge in [0, 0.05) is 12.3 Å². The fourth-order valence-electron chi connectivity index (χ4n) is 2.33. The second-order valence-corrected chi connectivity index (χ2v) is 4.96. The number of pyridine rings is 1. The van der Waals surface area contributed by atoms with Crippen molar-refractivity contribution in [1.29, 1.82) is 5.26 Å². The summed E-state index contributed by atoms with van der Waals surface area (Å²) in [5, 5.41) is 8.84. The van der Waals surface area contributed by atoms with Crippen LogP contribution in [0.3, 0.4) is 0 Å². The number of likely N-dealkylation sites (tertiary alicyclic amines) is 1. The lowest BCUT2D eigenvalue weighted by Gasteiger charge is -2.32. The van der Waals surface area contributed by atoms with Gasteiger partial charge < -0.3 is 9.64 Å². The lowest BCUT2D eigenvalue weighted by atomic mass is 9.92. The van der Waals surface area contributed by atoms with Crippen molar-refractivity contribution in [2.45, 2.75) is 25.9 Å². The molecule has 1 saturated heterocycles. The van der Waals surface area contributed by atoms with E-state index < -0.39 is 0 Å². The topological polar surface area (TPSA) is 49.1 Å². The van der Waals surface area contributed by atoms with E-state index in [0.29, 0.717) is 17.4 Å². The Kier molecular flexibility index (Phi) is 4.16. The Labute approximate surface area is 108 Å². The number of rotatable bonds is 3. The van der Waals surface area contributed by atoms with Crippen LogP contribution in [0.1, 0.15) is 25.3 Å². The Morgan fingerprint density at radius 1 is 1.50 bits per heavy atom. The van der Waals surface area contributed by atoms with Gasteiger partial charge in [-0.05, 0) is 51.9 Å². The van der Waals surface area contributed by atoms with Gasteiger partial charge >= 0.3 is 0 Å². The molecule has 0 N–H and O–H groups in total. The molecule has 0 bridgehead atoms. The van der Waals surface area contributed by atoms with Crippen LogP contribution in [0.4, 0.5) is 0 Å². The van der Waals surface area contributed by atoms with Gasteiger partial charge in [-0.1, -0.05) is 0 Å². The molecule has 1 aliphatic rings. The highest BCUT2D eigenvalue weighted by molar-refractivity contribution is 5.31. The Balaban J connectivity index is 1.94. The molecule has 1 atom stereocenters. The van der Waals surface area contributed by atoms with E-state index in [0.717, 1.165) is 25.9 Å². The Morgan fingerprint density at radius 2 is 2.22 bits per heavy atom. The Bertz CT molecular complexity index is 433. The van der Waals surface area contributed by atoms with Crippen molar-refractivity contribution in [2.24, 2.45) is 5.92 Å². The van der Waals surface area contributed by atoms with Crippen molar-refractivity contribution in [3.63, 3.8) is 0 Å². The first kappa shape index (κ1) is 12.8. The molecule has 2 heterocycles. The third-order valence-electron chi connectivity index (χ3n) is 3.60. The van der Waals surface area contributed by atoms with Crippen molar-refractivity contribution in [3.8, 4) is 11.9 Å². The molecule has 0 saturated carbocycles. The van der Waals surface area contributed by atoms with Crippen LogP contribution < -0.4 is 4.74 Å². The molecule has 0 aromatic carbocycles. The zero-order chi connectivity index (χ0) is 13.0. The SMILES string of the molecule is CC(Oc1cc(C#N)ccn1)C1CCN(C)CC1. The Hall–Kier alpha value is -1.60. The molecule has 18 heavy (non-hydrogen) atoms. The highest BCUT2D eigenvalue weighted by atomic mass is 16.5. The van der Waals surface area contributed by atoms with Crippen LogP contribution in [-0.2, 0) is 0 Å². The van der Waals surface area contributed by atoms with Gasteiger partial charge in [0.05, 0.1) is 11.6 Å². The zero-order valence-corrected chi connectivity index (χ0v) is 11.0. The molecule has 4 heteroatoms. The van der Waals surface area contributed by atoms with E-state index in [4.69, 9.17) is 10.00 Å². The third-order valence-corrected chi connectivity index (χ3v) is 3.60. The summed E-state index contributed by atoms with van der Waals surface area (Å²) < 4.78 is 5.85. The van der Waals surface area contributed by atoms with E-state index in [1.807, 2.05) is 0 Å². The number of nitrogens with zero attached hydrogens (tertiary/aromatic N) is 3. The summed E-state index contributed by atoms with van der Waals surface area (Å²) in [5.41, 5.74) is 0.593. The first-order chi connectivity index (χ1) is 8.69. The van der Waals surface area contributed by atoms with Gasteiger partial charge in [0.25, 0.3) is 0 Å². The first-order valence-corrected chi connectivity index (χ1v) is 6.40. The molecule has 2 rings (SSSR count). The molecule has 1 unspecified atom stereocenters. The van der Waals surface area contributed by atoms with Crippen LogP contribution in [-0.4, -0.2) is 36.1 Å². The molecule has 1 aromatic rings. The predicted molar refractivity (Wildman–Crippen MR) is 69.3 cm³/mol. The van der Waals surface area contributed by atoms with Crippen molar-refractivity contribution in [3.05, 3.63) is 23.9 Å². The predicted octanol–water partition coefficient (Wildman–Crippen LogP) is 2.06. The summed E-state index contributed by atoms with van der Waals surface area (Å²) in [6, 6.07) is 5.49. The van der Waals surface area contributed by atoms with Gasteiger partial charge in [0.2, 0.25) is 5.88 Å².